The van der Waals surface area contributed by atoms with Crippen LogP contribution in [0.1, 0.15) is 58.2 Å². The standard InChI is InChI=1S/C30H29N3/c1-22-8-6-10-26(16-22)29-11-7-9-24(30(29)20-32)12-13-25-18-27(19-31)28(17-23(25)2)21-33-14-4-3-5-15-33/h6-13,16-18H,3-5,14-15,21H2,1-2H3/b13-12+. The van der Waals surface area contributed by atoms with Gasteiger partial charge in [-0.05, 0) is 73.7 Å². The first-order chi connectivity index (χ1) is 16.1. The summed E-state index contributed by atoms with van der Waals surface area (Å²) in [5.41, 5.74) is 8.70. The first kappa shape index (κ1) is 22.5. The first-order valence-electron chi connectivity index (χ1n) is 11.6. The van der Waals surface area contributed by atoms with Crippen molar-refractivity contribution in [1.82, 2.24) is 4.90 Å². The minimum absolute atomic E-state index is 0.666. The van der Waals surface area contributed by atoms with Crippen molar-refractivity contribution in [2.75, 3.05) is 13.1 Å². The van der Waals surface area contributed by atoms with Gasteiger partial charge in [-0.25, -0.2) is 0 Å². The van der Waals surface area contributed by atoms with E-state index in [1.54, 1.807) is 0 Å². The van der Waals surface area contributed by atoms with Crippen molar-refractivity contribution in [2.45, 2.75) is 39.7 Å². The maximum Gasteiger partial charge on any atom is 0.100 e. The van der Waals surface area contributed by atoms with Crippen molar-refractivity contribution in [3.8, 4) is 23.3 Å². The number of nitrogens with zero attached hydrogens (tertiary/aromatic N) is 3. The van der Waals surface area contributed by atoms with Gasteiger partial charge in [0, 0.05) is 12.1 Å². The minimum atomic E-state index is 0.666. The topological polar surface area (TPSA) is 50.8 Å². The van der Waals surface area contributed by atoms with E-state index in [9.17, 15) is 10.5 Å². The molecule has 0 amide bonds. The zero-order chi connectivity index (χ0) is 23.2. The van der Waals surface area contributed by atoms with Gasteiger partial charge >= 0.3 is 0 Å². The zero-order valence-electron chi connectivity index (χ0n) is 19.4. The molecule has 0 radical (unpaired) electrons. The third-order valence-corrected chi connectivity index (χ3v) is 6.43. The van der Waals surface area contributed by atoms with Crippen molar-refractivity contribution in [2.24, 2.45) is 0 Å². The molecule has 0 spiro atoms. The summed E-state index contributed by atoms with van der Waals surface area (Å²) < 4.78 is 0. The normalized spacial score (nSPS) is 14.2. The molecule has 0 aliphatic carbocycles. The van der Waals surface area contributed by atoms with Gasteiger partial charge in [0.05, 0.1) is 17.2 Å². The molecule has 3 heteroatoms. The molecule has 1 saturated heterocycles. The van der Waals surface area contributed by atoms with Crippen LogP contribution in [-0.2, 0) is 6.54 Å². The van der Waals surface area contributed by atoms with Crippen molar-refractivity contribution in [1.29, 1.82) is 10.5 Å². The van der Waals surface area contributed by atoms with Crippen LogP contribution < -0.4 is 0 Å². The summed E-state index contributed by atoms with van der Waals surface area (Å²) in [6.45, 7) is 7.21. The van der Waals surface area contributed by atoms with E-state index in [0.717, 1.165) is 58.6 Å². The number of hydrogen-bond donors (Lipinski definition) is 0. The van der Waals surface area contributed by atoms with Crippen molar-refractivity contribution in [3.63, 3.8) is 0 Å². The lowest BCUT2D eigenvalue weighted by molar-refractivity contribution is 0.220. The van der Waals surface area contributed by atoms with Crippen LogP contribution >= 0.6 is 0 Å². The molecule has 0 aromatic heterocycles. The summed E-state index contributed by atoms with van der Waals surface area (Å²) in [6.07, 6.45) is 7.80. The van der Waals surface area contributed by atoms with Crippen LogP contribution in [0.4, 0.5) is 0 Å². The number of benzene rings is 3. The quantitative estimate of drug-likeness (QED) is 0.414. The Morgan fingerprint density at radius 1 is 0.848 bits per heavy atom. The molecular formula is C30H29N3. The molecule has 3 nitrogen and oxygen atoms in total. The van der Waals surface area contributed by atoms with Crippen LogP contribution in [0.15, 0.2) is 54.6 Å². The van der Waals surface area contributed by atoms with Crippen LogP contribution in [0.2, 0.25) is 0 Å². The fraction of sp³-hybridized carbons (Fsp3) is 0.267. The van der Waals surface area contributed by atoms with Crippen LogP contribution in [0.3, 0.4) is 0 Å². The smallest absolute Gasteiger partial charge is 0.100 e. The number of hydrogen-bond acceptors (Lipinski definition) is 3. The van der Waals surface area contributed by atoms with Gasteiger partial charge < -0.3 is 0 Å². The number of aryl methyl sites for hydroxylation is 2. The van der Waals surface area contributed by atoms with Crippen molar-refractivity contribution in [3.05, 3.63) is 93.5 Å². The molecule has 1 aliphatic rings. The van der Waals surface area contributed by atoms with E-state index >= 15 is 0 Å². The highest BCUT2D eigenvalue weighted by Crippen LogP contribution is 2.28. The van der Waals surface area contributed by atoms with E-state index in [0.29, 0.717) is 5.56 Å². The third-order valence-electron chi connectivity index (χ3n) is 6.43. The number of rotatable bonds is 5. The Bertz CT molecular complexity index is 1260. The molecule has 1 fully saturated rings. The molecule has 0 atom stereocenters. The average Bonchev–Trinajstić information content (AvgIpc) is 2.84. The fourth-order valence-corrected chi connectivity index (χ4v) is 4.62. The monoisotopic (exact) mass is 431 g/mol. The van der Waals surface area contributed by atoms with E-state index < -0.39 is 0 Å². The molecule has 0 bridgehead atoms. The minimum Gasteiger partial charge on any atom is -0.299 e. The zero-order valence-corrected chi connectivity index (χ0v) is 19.4. The first-order valence-corrected chi connectivity index (χ1v) is 11.6. The number of likely N-dealkylation sites (tertiary alicyclic amines) is 1. The summed E-state index contributed by atoms with van der Waals surface area (Å²) in [4.78, 5) is 2.45. The van der Waals surface area contributed by atoms with E-state index in [2.05, 4.69) is 49.1 Å². The van der Waals surface area contributed by atoms with Gasteiger partial charge in [-0.2, -0.15) is 10.5 Å². The highest BCUT2D eigenvalue weighted by molar-refractivity contribution is 5.81. The molecule has 3 aromatic carbocycles. The SMILES string of the molecule is Cc1cccc(-c2cccc(/C=C/c3cc(C#N)c(CN4CCCCC4)cc3C)c2C#N)c1. The Balaban J connectivity index is 1.65. The van der Waals surface area contributed by atoms with E-state index in [1.165, 1.54) is 24.8 Å². The van der Waals surface area contributed by atoms with E-state index in [-0.39, 0.29) is 0 Å². The molecule has 4 rings (SSSR count). The highest BCUT2D eigenvalue weighted by Gasteiger charge is 2.14. The number of nitriles is 2. The molecule has 0 unspecified atom stereocenters. The predicted molar refractivity (Wildman–Crippen MR) is 135 cm³/mol. The Hall–Kier alpha value is -3.66. The summed E-state index contributed by atoms with van der Waals surface area (Å²) in [6, 6.07) is 23.1. The second kappa shape index (κ2) is 10.3. The Labute approximate surface area is 197 Å². The van der Waals surface area contributed by atoms with Gasteiger partial charge in [0.2, 0.25) is 0 Å². The van der Waals surface area contributed by atoms with Crippen LogP contribution in [-0.4, -0.2) is 18.0 Å². The Kier molecular flexibility index (Phi) is 7.04. The van der Waals surface area contributed by atoms with Crippen LogP contribution in [0.25, 0.3) is 23.3 Å². The molecule has 1 heterocycles. The van der Waals surface area contributed by atoms with Gasteiger partial charge in [0.15, 0.2) is 0 Å². The Morgan fingerprint density at radius 2 is 1.61 bits per heavy atom. The molecule has 0 saturated carbocycles. The lowest BCUT2D eigenvalue weighted by Crippen LogP contribution is -2.29. The molecular weight excluding hydrogens is 402 g/mol. The predicted octanol–water partition coefficient (Wildman–Crippen LogP) is 6.87. The largest absolute Gasteiger partial charge is 0.299 e. The van der Waals surface area contributed by atoms with Gasteiger partial charge in [-0.3, -0.25) is 4.90 Å². The summed E-state index contributed by atoms with van der Waals surface area (Å²) in [7, 11) is 0. The molecule has 164 valence electrons. The van der Waals surface area contributed by atoms with Crippen molar-refractivity contribution < 1.29 is 0 Å². The second-order valence-electron chi connectivity index (χ2n) is 8.90. The maximum absolute atomic E-state index is 9.92. The fourth-order valence-electron chi connectivity index (χ4n) is 4.62. The maximum atomic E-state index is 9.92. The van der Waals surface area contributed by atoms with Crippen LogP contribution in [0.5, 0.6) is 0 Å². The average molecular weight is 432 g/mol. The number of piperidine rings is 1. The molecule has 33 heavy (non-hydrogen) atoms. The Morgan fingerprint density at radius 3 is 2.33 bits per heavy atom. The second-order valence-corrected chi connectivity index (χ2v) is 8.90. The summed E-state index contributed by atoms with van der Waals surface area (Å²) in [5.74, 6) is 0. The van der Waals surface area contributed by atoms with Gasteiger partial charge in [0.1, 0.15) is 6.07 Å². The third kappa shape index (κ3) is 5.23. The summed E-state index contributed by atoms with van der Waals surface area (Å²) in [5, 5.41) is 19.7. The van der Waals surface area contributed by atoms with Gasteiger partial charge in [0.25, 0.3) is 0 Å². The molecule has 1 aliphatic heterocycles. The van der Waals surface area contributed by atoms with Crippen LogP contribution in [0, 0.1) is 36.5 Å². The van der Waals surface area contributed by atoms with Gasteiger partial charge in [-0.1, -0.05) is 72.7 Å². The van der Waals surface area contributed by atoms with E-state index in [4.69, 9.17) is 0 Å². The highest BCUT2D eigenvalue weighted by atomic mass is 15.1. The van der Waals surface area contributed by atoms with Crippen molar-refractivity contribution >= 4 is 12.2 Å². The van der Waals surface area contributed by atoms with E-state index in [1.807, 2.05) is 48.6 Å². The lowest BCUT2D eigenvalue weighted by Gasteiger charge is -2.27. The lowest BCUT2D eigenvalue weighted by atomic mass is 9.94. The summed E-state index contributed by atoms with van der Waals surface area (Å²) >= 11 is 0. The molecule has 3 aromatic rings. The van der Waals surface area contributed by atoms with Gasteiger partial charge in [-0.15, -0.1) is 0 Å². The molecule has 0 N–H and O–H groups in total.